The van der Waals surface area contributed by atoms with Crippen LogP contribution in [0.15, 0.2) is 6.07 Å². The van der Waals surface area contributed by atoms with Crippen LogP contribution in [0.2, 0.25) is 0 Å². The van der Waals surface area contributed by atoms with E-state index < -0.39 is 0 Å². The van der Waals surface area contributed by atoms with Gasteiger partial charge in [-0.15, -0.1) is 0 Å². The van der Waals surface area contributed by atoms with Crippen LogP contribution in [0.1, 0.15) is 51.9 Å². The fourth-order valence-corrected chi connectivity index (χ4v) is 3.21. The van der Waals surface area contributed by atoms with Gasteiger partial charge in [0.2, 0.25) is 0 Å². The summed E-state index contributed by atoms with van der Waals surface area (Å²) in [5, 5.41) is 0. The summed E-state index contributed by atoms with van der Waals surface area (Å²) in [6, 6.07) is 2.25. The van der Waals surface area contributed by atoms with Gasteiger partial charge in [-0.25, -0.2) is 0 Å². The lowest BCUT2D eigenvalue weighted by Crippen LogP contribution is -2.15. The van der Waals surface area contributed by atoms with Gasteiger partial charge in [-0.3, -0.25) is 4.79 Å². The number of carbonyl (C=O) groups excluding carboxylic acids is 1. The number of carbonyl (C=O) groups is 1. The average Bonchev–Trinajstić information content (AvgIpc) is 2.65. The minimum Gasteiger partial charge on any atom is -0.294 e. The number of rotatable bonds is 0. The number of ketones is 1. The van der Waals surface area contributed by atoms with Gasteiger partial charge in [0.1, 0.15) is 0 Å². The highest BCUT2D eigenvalue weighted by atomic mass is 16.1. The van der Waals surface area contributed by atoms with Crippen molar-refractivity contribution in [1.29, 1.82) is 0 Å². The molecule has 0 fully saturated rings. The number of hydrogen-bond donors (Lipinski definition) is 0. The van der Waals surface area contributed by atoms with Crippen molar-refractivity contribution in [2.75, 3.05) is 0 Å². The topological polar surface area (TPSA) is 17.1 Å². The minimum absolute atomic E-state index is 0.378. The van der Waals surface area contributed by atoms with Crippen molar-refractivity contribution in [1.82, 2.24) is 0 Å². The summed E-state index contributed by atoms with van der Waals surface area (Å²) < 4.78 is 0. The Morgan fingerprint density at radius 3 is 2.60 bits per heavy atom. The maximum Gasteiger partial charge on any atom is 0.163 e. The Kier molecular flexibility index (Phi) is 1.95. The smallest absolute Gasteiger partial charge is 0.163 e. The monoisotopic (exact) mass is 200 g/mol. The molecule has 1 heteroatoms. The zero-order chi connectivity index (χ0) is 10.4. The second-order valence-electron chi connectivity index (χ2n) is 4.81. The predicted molar refractivity (Wildman–Crippen MR) is 60.5 cm³/mol. The molecule has 0 aliphatic heterocycles. The molecule has 0 atom stereocenters. The molecule has 3 rings (SSSR count). The van der Waals surface area contributed by atoms with Gasteiger partial charge in [0.25, 0.3) is 0 Å². The molecule has 0 saturated carbocycles. The van der Waals surface area contributed by atoms with Crippen molar-refractivity contribution >= 4 is 5.78 Å². The largest absolute Gasteiger partial charge is 0.294 e. The van der Waals surface area contributed by atoms with Gasteiger partial charge in [0.15, 0.2) is 5.78 Å². The molecule has 0 saturated heterocycles. The van der Waals surface area contributed by atoms with Crippen LogP contribution >= 0.6 is 0 Å². The molecule has 1 aromatic rings. The van der Waals surface area contributed by atoms with Gasteiger partial charge in [0, 0.05) is 12.0 Å². The second kappa shape index (κ2) is 3.19. The van der Waals surface area contributed by atoms with Crippen LogP contribution in [0, 0.1) is 6.92 Å². The van der Waals surface area contributed by atoms with E-state index in [-0.39, 0.29) is 0 Å². The first-order valence-corrected chi connectivity index (χ1v) is 5.95. The molecular formula is C14H16O. The Balaban J connectivity index is 2.28. The first-order chi connectivity index (χ1) is 7.27. The van der Waals surface area contributed by atoms with E-state index in [1.165, 1.54) is 41.5 Å². The molecule has 0 radical (unpaired) electrons. The van der Waals surface area contributed by atoms with E-state index in [0.29, 0.717) is 5.78 Å². The van der Waals surface area contributed by atoms with Crippen LogP contribution in [0.5, 0.6) is 0 Å². The summed E-state index contributed by atoms with van der Waals surface area (Å²) in [5.74, 6) is 0.378. The van der Waals surface area contributed by atoms with Crippen molar-refractivity contribution in [2.24, 2.45) is 0 Å². The summed E-state index contributed by atoms with van der Waals surface area (Å²) in [6.45, 7) is 2.10. The van der Waals surface area contributed by atoms with Crippen LogP contribution in [-0.2, 0) is 19.3 Å². The SMILES string of the molecule is Cc1cc2c(c3c1C(=O)CCC3)CCC2. The molecule has 1 aromatic carbocycles. The third-order valence-electron chi connectivity index (χ3n) is 3.82. The molecule has 0 bridgehead atoms. The Morgan fingerprint density at radius 2 is 1.73 bits per heavy atom. The van der Waals surface area contributed by atoms with Crippen molar-refractivity contribution in [2.45, 2.75) is 45.4 Å². The van der Waals surface area contributed by atoms with Crippen molar-refractivity contribution < 1.29 is 4.79 Å². The summed E-state index contributed by atoms with van der Waals surface area (Å²) >= 11 is 0. The highest BCUT2D eigenvalue weighted by molar-refractivity contribution is 6.00. The molecule has 0 amide bonds. The maximum absolute atomic E-state index is 11.9. The van der Waals surface area contributed by atoms with Gasteiger partial charge in [-0.1, -0.05) is 6.07 Å². The fraction of sp³-hybridized carbons (Fsp3) is 0.500. The number of aryl methyl sites for hydroxylation is 2. The van der Waals surface area contributed by atoms with Gasteiger partial charge in [0.05, 0.1) is 0 Å². The quantitative estimate of drug-likeness (QED) is 0.629. The molecule has 78 valence electrons. The Morgan fingerprint density at radius 1 is 1.00 bits per heavy atom. The van der Waals surface area contributed by atoms with E-state index in [1.54, 1.807) is 0 Å². The molecule has 1 nitrogen and oxygen atoms in total. The summed E-state index contributed by atoms with van der Waals surface area (Å²) in [6.07, 6.45) is 6.64. The highest BCUT2D eigenvalue weighted by Gasteiger charge is 2.25. The summed E-state index contributed by atoms with van der Waals surface area (Å²) in [7, 11) is 0. The highest BCUT2D eigenvalue weighted by Crippen LogP contribution is 2.34. The molecule has 0 heterocycles. The first kappa shape index (κ1) is 9.14. The zero-order valence-corrected chi connectivity index (χ0v) is 9.23. The van der Waals surface area contributed by atoms with Crippen LogP contribution in [0.25, 0.3) is 0 Å². The normalized spacial score (nSPS) is 18.9. The third-order valence-corrected chi connectivity index (χ3v) is 3.82. The molecule has 0 aromatic heterocycles. The van der Waals surface area contributed by atoms with E-state index in [2.05, 4.69) is 13.0 Å². The lowest BCUT2D eigenvalue weighted by atomic mass is 9.83. The van der Waals surface area contributed by atoms with E-state index in [1.807, 2.05) is 0 Å². The molecule has 15 heavy (non-hydrogen) atoms. The van der Waals surface area contributed by atoms with Gasteiger partial charge < -0.3 is 0 Å². The molecule has 0 N–H and O–H groups in total. The number of fused-ring (bicyclic) bond motifs is 3. The summed E-state index contributed by atoms with van der Waals surface area (Å²) in [4.78, 5) is 11.9. The molecule has 2 aliphatic rings. The van der Waals surface area contributed by atoms with Crippen LogP contribution in [0.4, 0.5) is 0 Å². The lowest BCUT2D eigenvalue weighted by Gasteiger charge is -2.20. The lowest BCUT2D eigenvalue weighted by molar-refractivity contribution is 0.0971. The predicted octanol–water partition coefficient (Wildman–Crippen LogP) is 3.00. The zero-order valence-electron chi connectivity index (χ0n) is 9.23. The van der Waals surface area contributed by atoms with E-state index in [0.717, 1.165) is 24.8 Å². The van der Waals surface area contributed by atoms with Gasteiger partial charge in [-0.2, -0.15) is 0 Å². The molecular weight excluding hydrogens is 184 g/mol. The van der Waals surface area contributed by atoms with Gasteiger partial charge >= 0.3 is 0 Å². The van der Waals surface area contributed by atoms with Crippen LogP contribution < -0.4 is 0 Å². The van der Waals surface area contributed by atoms with E-state index in [9.17, 15) is 4.79 Å². The summed E-state index contributed by atoms with van der Waals surface area (Å²) in [5.41, 5.74) is 6.72. The Labute approximate surface area is 90.5 Å². The van der Waals surface area contributed by atoms with Crippen molar-refractivity contribution in [3.8, 4) is 0 Å². The van der Waals surface area contributed by atoms with Gasteiger partial charge in [-0.05, 0) is 61.3 Å². The van der Waals surface area contributed by atoms with Crippen LogP contribution in [0.3, 0.4) is 0 Å². The van der Waals surface area contributed by atoms with Crippen molar-refractivity contribution in [3.05, 3.63) is 33.9 Å². The number of hydrogen-bond acceptors (Lipinski definition) is 1. The molecule has 2 aliphatic carbocycles. The molecule has 0 unspecified atom stereocenters. The Bertz CT molecular complexity index is 443. The van der Waals surface area contributed by atoms with Crippen LogP contribution in [-0.4, -0.2) is 5.78 Å². The standard InChI is InChI=1S/C14H16O/c1-9-8-10-4-2-5-11(10)12-6-3-7-13(15)14(9)12/h8H,2-7H2,1H3. The fourth-order valence-electron chi connectivity index (χ4n) is 3.21. The van der Waals surface area contributed by atoms with E-state index in [4.69, 9.17) is 0 Å². The van der Waals surface area contributed by atoms with Crippen molar-refractivity contribution in [3.63, 3.8) is 0 Å². The second-order valence-corrected chi connectivity index (χ2v) is 4.81. The minimum atomic E-state index is 0.378. The van der Waals surface area contributed by atoms with E-state index >= 15 is 0 Å². The maximum atomic E-state index is 11.9. The first-order valence-electron chi connectivity index (χ1n) is 5.95. The number of Topliss-reactive ketones (excluding diaryl/α,β-unsaturated/α-hetero) is 1. The molecule has 0 spiro atoms. The number of benzene rings is 1. The Hall–Kier alpha value is -1.11. The average molecular weight is 200 g/mol. The third kappa shape index (κ3) is 1.26.